The van der Waals surface area contributed by atoms with Crippen LogP contribution in [0.4, 0.5) is 4.39 Å². The van der Waals surface area contributed by atoms with Crippen molar-refractivity contribution in [2.75, 3.05) is 0 Å². The first-order chi connectivity index (χ1) is 10.1. The van der Waals surface area contributed by atoms with Gasteiger partial charge in [-0.15, -0.1) is 0 Å². The predicted molar refractivity (Wildman–Crippen MR) is 76.0 cm³/mol. The number of aromatic nitrogens is 2. The van der Waals surface area contributed by atoms with E-state index in [9.17, 15) is 19.1 Å². The molecule has 0 aliphatic heterocycles. The summed E-state index contributed by atoms with van der Waals surface area (Å²) in [6.07, 6.45) is 0. The average molecular weight is 286 g/mol. The van der Waals surface area contributed by atoms with Crippen molar-refractivity contribution in [1.82, 2.24) is 9.55 Å². The number of aromatic hydroxyl groups is 1. The SMILES string of the molecule is O=c1[nH]c(=O)n(Cc2cccc3ccccc23)c(O)c1F. The molecule has 2 N–H and O–H groups in total. The number of fused-ring (bicyclic) bond motifs is 1. The molecule has 0 saturated heterocycles. The zero-order valence-electron chi connectivity index (χ0n) is 10.8. The molecule has 106 valence electrons. The highest BCUT2D eigenvalue weighted by Crippen LogP contribution is 2.20. The minimum atomic E-state index is -1.37. The van der Waals surface area contributed by atoms with Gasteiger partial charge in [-0.1, -0.05) is 42.5 Å². The Kier molecular flexibility index (Phi) is 3.06. The Labute approximate surface area is 117 Å². The van der Waals surface area contributed by atoms with Crippen molar-refractivity contribution in [3.05, 3.63) is 74.7 Å². The molecule has 3 rings (SSSR count). The van der Waals surface area contributed by atoms with Crippen LogP contribution in [-0.4, -0.2) is 14.7 Å². The summed E-state index contributed by atoms with van der Waals surface area (Å²) in [4.78, 5) is 24.6. The van der Waals surface area contributed by atoms with Crippen molar-refractivity contribution in [3.8, 4) is 5.88 Å². The van der Waals surface area contributed by atoms with E-state index in [2.05, 4.69) is 0 Å². The summed E-state index contributed by atoms with van der Waals surface area (Å²) in [7, 11) is 0. The van der Waals surface area contributed by atoms with Gasteiger partial charge in [0.25, 0.3) is 5.56 Å². The molecule has 1 aromatic heterocycles. The fraction of sp³-hybridized carbons (Fsp3) is 0.0667. The maximum Gasteiger partial charge on any atom is 0.331 e. The summed E-state index contributed by atoms with van der Waals surface area (Å²) < 4.78 is 14.2. The Morgan fingerprint density at radius 2 is 1.81 bits per heavy atom. The van der Waals surface area contributed by atoms with Gasteiger partial charge >= 0.3 is 5.69 Å². The zero-order valence-corrected chi connectivity index (χ0v) is 10.8. The van der Waals surface area contributed by atoms with Gasteiger partial charge in [0.2, 0.25) is 11.7 Å². The van der Waals surface area contributed by atoms with Gasteiger partial charge < -0.3 is 5.11 Å². The molecule has 0 amide bonds. The van der Waals surface area contributed by atoms with Crippen LogP contribution in [0, 0.1) is 5.82 Å². The minimum Gasteiger partial charge on any atom is -0.492 e. The van der Waals surface area contributed by atoms with Gasteiger partial charge in [-0.05, 0) is 16.3 Å². The highest BCUT2D eigenvalue weighted by molar-refractivity contribution is 5.85. The molecule has 0 spiro atoms. The third kappa shape index (κ3) is 2.20. The Bertz CT molecular complexity index is 938. The Morgan fingerprint density at radius 3 is 2.62 bits per heavy atom. The third-order valence-corrected chi connectivity index (χ3v) is 3.33. The fourth-order valence-corrected chi connectivity index (χ4v) is 2.28. The lowest BCUT2D eigenvalue weighted by atomic mass is 10.0. The molecule has 0 aliphatic carbocycles. The van der Waals surface area contributed by atoms with Crippen LogP contribution >= 0.6 is 0 Å². The van der Waals surface area contributed by atoms with Gasteiger partial charge in [0.15, 0.2) is 0 Å². The second kappa shape index (κ2) is 4.90. The van der Waals surface area contributed by atoms with E-state index in [0.717, 1.165) is 20.9 Å². The largest absolute Gasteiger partial charge is 0.492 e. The topological polar surface area (TPSA) is 75.1 Å². The molecule has 3 aromatic rings. The molecule has 0 fully saturated rings. The maximum absolute atomic E-state index is 13.4. The summed E-state index contributed by atoms with van der Waals surface area (Å²) in [6.45, 7) is -0.0419. The van der Waals surface area contributed by atoms with Gasteiger partial charge in [0.1, 0.15) is 0 Å². The summed E-state index contributed by atoms with van der Waals surface area (Å²) in [5.41, 5.74) is -1.35. The van der Waals surface area contributed by atoms with Crippen molar-refractivity contribution in [2.24, 2.45) is 0 Å². The molecule has 0 bridgehead atoms. The van der Waals surface area contributed by atoms with Gasteiger partial charge in [0, 0.05) is 0 Å². The highest BCUT2D eigenvalue weighted by atomic mass is 19.1. The molecule has 21 heavy (non-hydrogen) atoms. The number of nitrogens with one attached hydrogen (secondary N) is 1. The van der Waals surface area contributed by atoms with E-state index in [1.54, 1.807) is 6.07 Å². The van der Waals surface area contributed by atoms with Gasteiger partial charge in [-0.3, -0.25) is 14.3 Å². The highest BCUT2D eigenvalue weighted by Gasteiger charge is 2.14. The summed E-state index contributed by atoms with van der Waals surface area (Å²) in [6, 6.07) is 13.0. The van der Waals surface area contributed by atoms with Crippen molar-refractivity contribution >= 4 is 10.8 Å². The molecule has 0 atom stereocenters. The summed E-state index contributed by atoms with van der Waals surface area (Å²) >= 11 is 0. The first kappa shape index (κ1) is 13.1. The molecule has 0 aliphatic rings. The van der Waals surface area contributed by atoms with E-state index in [4.69, 9.17) is 0 Å². The van der Waals surface area contributed by atoms with E-state index >= 15 is 0 Å². The second-order valence-electron chi connectivity index (χ2n) is 4.62. The molecule has 0 unspecified atom stereocenters. The van der Waals surface area contributed by atoms with E-state index in [0.29, 0.717) is 0 Å². The van der Waals surface area contributed by atoms with Crippen LogP contribution in [0.3, 0.4) is 0 Å². The van der Waals surface area contributed by atoms with Crippen LogP contribution in [0.25, 0.3) is 10.8 Å². The van der Waals surface area contributed by atoms with Gasteiger partial charge in [0.05, 0.1) is 6.54 Å². The average Bonchev–Trinajstić information content (AvgIpc) is 2.49. The van der Waals surface area contributed by atoms with Crippen molar-refractivity contribution < 1.29 is 9.50 Å². The molecule has 1 heterocycles. The van der Waals surface area contributed by atoms with E-state index < -0.39 is 22.9 Å². The number of nitrogens with zero attached hydrogens (tertiary/aromatic N) is 1. The Hall–Kier alpha value is -2.89. The number of halogens is 1. The van der Waals surface area contributed by atoms with Gasteiger partial charge in [-0.25, -0.2) is 4.79 Å². The standard InChI is InChI=1S/C15H11FN2O3/c16-12-13(19)17-15(21)18(14(12)20)8-10-6-3-5-9-4-1-2-7-11(9)10/h1-7,20H,8H2,(H,17,19,21). The summed E-state index contributed by atoms with van der Waals surface area (Å²) in [5.74, 6) is -2.33. The normalized spacial score (nSPS) is 10.9. The minimum absolute atomic E-state index is 0.0419. The van der Waals surface area contributed by atoms with Crippen molar-refractivity contribution in [1.29, 1.82) is 0 Å². The molecule has 5 nitrogen and oxygen atoms in total. The number of aromatic amines is 1. The van der Waals surface area contributed by atoms with Crippen molar-refractivity contribution in [3.63, 3.8) is 0 Å². The smallest absolute Gasteiger partial charge is 0.331 e. The zero-order chi connectivity index (χ0) is 15.0. The quantitative estimate of drug-likeness (QED) is 0.751. The molecule has 0 radical (unpaired) electrons. The van der Waals surface area contributed by atoms with E-state index in [1.807, 2.05) is 41.4 Å². The Morgan fingerprint density at radius 1 is 1.10 bits per heavy atom. The van der Waals surface area contributed by atoms with E-state index in [-0.39, 0.29) is 6.54 Å². The maximum atomic E-state index is 13.4. The first-order valence-electron chi connectivity index (χ1n) is 6.26. The fourth-order valence-electron chi connectivity index (χ4n) is 2.28. The van der Waals surface area contributed by atoms with Crippen LogP contribution in [-0.2, 0) is 6.54 Å². The second-order valence-corrected chi connectivity index (χ2v) is 4.62. The lowest BCUT2D eigenvalue weighted by Crippen LogP contribution is -2.32. The number of benzene rings is 2. The summed E-state index contributed by atoms with van der Waals surface area (Å²) in [5, 5.41) is 11.5. The van der Waals surface area contributed by atoms with E-state index in [1.165, 1.54) is 0 Å². The third-order valence-electron chi connectivity index (χ3n) is 3.33. The lowest BCUT2D eigenvalue weighted by Gasteiger charge is -2.10. The number of rotatable bonds is 2. The number of hydrogen-bond donors (Lipinski definition) is 2. The predicted octanol–water partition coefficient (Wildman–Crippen LogP) is 1.58. The molecular weight excluding hydrogens is 275 g/mol. The molecule has 2 aromatic carbocycles. The molecule has 6 heteroatoms. The number of H-pyrrole nitrogens is 1. The van der Waals surface area contributed by atoms with Crippen LogP contribution in [0.5, 0.6) is 5.88 Å². The molecular formula is C15H11FN2O3. The van der Waals surface area contributed by atoms with Crippen LogP contribution in [0.2, 0.25) is 0 Å². The Balaban J connectivity index is 2.18. The van der Waals surface area contributed by atoms with Crippen molar-refractivity contribution in [2.45, 2.75) is 6.54 Å². The van der Waals surface area contributed by atoms with Gasteiger partial charge in [-0.2, -0.15) is 4.39 Å². The van der Waals surface area contributed by atoms with Crippen LogP contribution < -0.4 is 11.2 Å². The number of hydrogen-bond acceptors (Lipinski definition) is 3. The first-order valence-corrected chi connectivity index (χ1v) is 6.26. The van der Waals surface area contributed by atoms with Crippen LogP contribution in [0.1, 0.15) is 5.56 Å². The molecule has 0 saturated carbocycles. The lowest BCUT2D eigenvalue weighted by molar-refractivity contribution is 0.367. The monoisotopic (exact) mass is 286 g/mol. The van der Waals surface area contributed by atoms with Crippen LogP contribution in [0.15, 0.2) is 52.1 Å².